The molecule has 0 aliphatic heterocycles. The van der Waals surface area contributed by atoms with E-state index in [0.717, 1.165) is 18.2 Å². The standard InChI is InChI=1S/C22H15N7O7/c30-20(12-1-3-14(4-2-12)28(33)34)18(26-27-21(31)13-7-9-23-10-8-13)19-22(32)25-17-11-15(29(35)36)5-6-16(17)24-19/h1-11,20,30H,(H,25,32)(H,27,31)/b26-18+/t20-/m0/s1. The van der Waals surface area contributed by atoms with E-state index in [1.807, 2.05) is 0 Å². The molecule has 3 N–H and O–H groups in total. The Hall–Kier alpha value is -5.37. The zero-order chi connectivity index (χ0) is 25.8. The molecule has 0 saturated carbocycles. The number of rotatable bonds is 7. The van der Waals surface area contributed by atoms with Crippen molar-refractivity contribution < 1.29 is 19.7 Å². The molecule has 0 spiro atoms. The van der Waals surface area contributed by atoms with Crippen molar-refractivity contribution in [2.45, 2.75) is 6.10 Å². The molecule has 2 aromatic carbocycles. The molecule has 14 heteroatoms. The first-order valence-electron chi connectivity index (χ1n) is 10.1. The lowest BCUT2D eigenvalue weighted by atomic mass is 10.0. The van der Waals surface area contributed by atoms with Gasteiger partial charge in [-0.05, 0) is 35.9 Å². The van der Waals surface area contributed by atoms with Crippen LogP contribution in [-0.2, 0) is 0 Å². The number of aromatic nitrogens is 3. The predicted molar refractivity (Wildman–Crippen MR) is 125 cm³/mol. The minimum atomic E-state index is -1.63. The topological polar surface area (TPSA) is 207 Å². The third kappa shape index (κ3) is 4.92. The number of pyridine rings is 1. The van der Waals surface area contributed by atoms with Crippen molar-refractivity contribution in [3.8, 4) is 0 Å². The number of amides is 1. The lowest BCUT2D eigenvalue weighted by Crippen LogP contribution is -2.29. The maximum absolute atomic E-state index is 12.9. The van der Waals surface area contributed by atoms with E-state index < -0.39 is 27.4 Å². The Kier molecular flexibility index (Phi) is 6.51. The molecule has 0 fully saturated rings. The van der Waals surface area contributed by atoms with Gasteiger partial charge in [0.1, 0.15) is 11.8 Å². The molecule has 4 aromatic rings. The fourth-order valence-corrected chi connectivity index (χ4v) is 3.22. The number of carbonyl (C=O) groups excluding carboxylic acids is 1. The summed E-state index contributed by atoms with van der Waals surface area (Å²) in [6.45, 7) is 0. The monoisotopic (exact) mass is 489 g/mol. The highest BCUT2D eigenvalue weighted by Gasteiger charge is 2.24. The van der Waals surface area contributed by atoms with Crippen LogP contribution in [0.3, 0.4) is 0 Å². The summed E-state index contributed by atoms with van der Waals surface area (Å²) in [6, 6.07) is 11.3. The average molecular weight is 489 g/mol. The highest BCUT2D eigenvalue weighted by molar-refractivity contribution is 6.04. The number of hydrogen-bond donors (Lipinski definition) is 3. The quantitative estimate of drug-likeness (QED) is 0.197. The zero-order valence-electron chi connectivity index (χ0n) is 18.1. The van der Waals surface area contributed by atoms with E-state index in [1.54, 1.807) is 0 Å². The Morgan fingerprint density at radius 3 is 2.28 bits per heavy atom. The van der Waals surface area contributed by atoms with Crippen molar-refractivity contribution in [2.24, 2.45) is 5.10 Å². The fraction of sp³-hybridized carbons (Fsp3) is 0.0455. The lowest BCUT2D eigenvalue weighted by Gasteiger charge is -2.14. The molecule has 4 rings (SSSR count). The summed E-state index contributed by atoms with van der Waals surface area (Å²) in [4.78, 5) is 56.6. The Morgan fingerprint density at radius 2 is 1.64 bits per heavy atom. The molecule has 2 aromatic heterocycles. The number of nitro groups is 2. The summed E-state index contributed by atoms with van der Waals surface area (Å²) in [5.41, 5.74) is 0.718. The van der Waals surface area contributed by atoms with Gasteiger partial charge in [-0.3, -0.25) is 34.8 Å². The highest BCUT2D eigenvalue weighted by Crippen LogP contribution is 2.22. The Bertz CT molecular complexity index is 1570. The number of aromatic amines is 1. The van der Waals surface area contributed by atoms with Gasteiger partial charge in [-0.2, -0.15) is 5.10 Å². The van der Waals surface area contributed by atoms with Crippen LogP contribution in [-0.4, -0.2) is 41.5 Å². The minimum Gasteiger partial charge on any atom is -0.382 e. The van der Waals surface area contributed by atoms with Gasteiger partial charge in [0, 0.05) is 42.2 Å². The summed E-state index contributed by atoms with van der Waals surface area (Å²) in [6.07, 6.45) is 1.15. The summed E-state index contributed by atoms with van der Waals surface area (Å²) in [5, 5.41) is 36.9. The number of carbonyl (C=O) groups is 1. The van der Waals surface area contributed by atoms with Crippen molar-refractivity contribution in [1.82, 2.24) is 20.4 Å². The van der Waals surface area contributed by atoms with Crippen LogP contribution >= 0.6 is 0 Å². The van der Waals surface area contributed by atoms with Crippen molar-refractivity contribution in [1.29, 1.82) is 0 Å². The first kappa shape index (κ1) is 23.8. The highest BCUT2D eigenvalue weighted by atomic mass is 16.6. The molecule has 14 nitrogen and oxygen atoms in total. The minimum absolute atomic E-state index is 0.0722. The molecule has 1 amide bonds. The number of benzene rings is 2. The SMILES string of the molecule is O=C(N/N=C(\c1nc2ccc([N+](=O)[O-])cc2[nH]c1=O)[C@@H](O)c1ccc([N+](=O)[O-])cc1)c1ccncc1. The normalized spacial score (nSPS) is 12.2. The number of aliphatic hydroxyl groups is 1. The van der Waals surface area contributed by atoms with Crippen molar-refractivity contribution >= 4 is 34.0 Å². The third-order valence-electron chi connectivity index (χ3n) is 5.03. The van der Waals surface area contributed by atoms with Crippen molar-refractivity contribution in [2.75, 3.05) is 0 Å². The van der Waals surface area contributed by atoms with Gasteiger partial charge >= 0.3 is 0 Å². The molecule has 0 radical (unpaired) electrons. The Morgan fingerprint density at radius 1 is 1.00 bits per heavy atom. The van der Waals surface area contributed by atoms with E-state index in [0.29, 0.717) is 0 Å². The third-order valence-corrected chi connectivity index (χ3v) is 5.03. The Labute approximate surface area is 200 Å². The van der Waals surface area contributed by atoms with E-state index in [1.165, 1.54) is 48.8 Å². The second-order valence-corrected chi connectivity index (χ2v) is 7.30. The van der Waals surface area contributed by atoms with Crippen LogP contribution in [0, 0.1) is 20.2 Å². The molecule has 36 heavy (non-hydrogen) atoms. The lowest BCUT2D eigenvalue weighted by molar-refractivity contribution is -0.385. The van der Waals surface area contributed by atoms with Gasteiger partial charge in [0.25, 0.3) is 22.8 Å². The maximum Gasteiger partial charge on any atom is 0.276 e. The van der Waals surface area contributed by atoms with Crippen LogP contribution < -0.4 is 11.0 Å². The average Bonchev–Trinajstić information content (AvgIpc) is 2.88. The zero-order valence-corrected chi connectivity index (χ0v) is 18.1. The number of H-pyrrole nitrogens is 1. The van der Waals surface area contributed by atoms with E-state index in [2.05, 4.69) is 25.5 Å². The molecular weight excluding hydrogens is 474 g/mol. The van der Waals surface area contributed by atoms with Crippen LogP contribution in [0.4, 0.5) is 11.4 Å². The van der Waals surface area contributed by atoms with Gasteiger partial charge in [-0.25, -0.2) is 10.4 Å². The second kappa shape index (κ2) is 9.86. The van der Waals surface area contributed by atoms with Gasteiger partial charge in [0.15, 0.2) is 5.69 Å². The van der Waals surface area contributed by atoms with Crippen LogP contribution in [0.2, 0.25) is 0 Å². The number of aliphatic hydroxyl groups excluding tert-OH is 1. The summed E-state index contributed by atoms with van der Waals surface area (Å²) >= 11 is 0. The first-order chi connectivity index (χ1) is 17.2. The van der Waals surface area contributed by atoms with E-state index in [9.17, 15) is 34.9 Å². The molecule has 0 saturated heterocycles. The number of nitrogens with one attached hydrogen (secondary N) is 2. The summed E-state index contributed by atoms with van der Waals surface area (Å²) in [5.74, 6) is -0.668. The van der Waals surface area contributed by atoms with Gasteiger partial charge < -0.3 is 10.1 Å². The van der Waals surface area contributed by atoms with Gasteiger partial charge in [0.05, 0.1) is 20.9 Å². The van der Waals surface area contributed by atoms with Gasteiger partial charge in [0.2, 0.25) is 0 Å². The van der Waals surface area contributed by atoms with Crippen molar-refractivity contribution in [3.63, 3.8) is 0 Å². The fourth-order valence-electron chi connectivity index (χ4n) is 3.22. The predicted octanol–water partition coefficient (Wildman–Crippen LogP) is 2.00. The van der Waals surface area contributed by atoms with Gasteiger partial charge in [-0.1, -0.05) is 0 Å². The van der Waals surface area contributed by atoms with Crippen LogP contribution in [0.5, 0.6) is 0 Å². The first-order valence-corrected chi connectivity index (χ1v) is 10.1. The van der Waals surface area contributed by atoms with Crippen LogP contribution in [0.25, 0.3) is 11.0 Å². The van der Waals surface area contributed by atoms with Crippen molar-refractivity contribution in [3.05, 3.63) is 114 Å². The van der Waals surface area contributed by atoms with E-state index >= 15 is 0 Å². The van der Waals surface area contributed by atoms with Gasteiger partial charge in [-0.15, -0.1) is 0 Å². The van der Waals surface area contributed by atoms with Crippen LogP contribution in [0.15, 0.2) is 76.9 Å². The van der Waals surface area contributed by atoms with Crippen LogP contribution in [0.1, 0.15) is 27.7 Å². The molecule has 0 aliphatic rings. The van der Waals surface area contributed by atoms with E-state index in [-0.39, 0.29) is 44.9 Å². The smallest absolute Gasteiger partial charge is 0.276 e. The number of hydrogen-bond acceptors (Lipinski definition) is 10. The Balaban J connectivity index is 1.80. The maximum atomic E-state index is 12.9. The number of nitro benzene ring substituents is 2. The molecule has 0 unspecified atom stereocenters. The molecular formula is C22H15N7O7. The molecule has 180 valence electrons. The molecule has 0 bridgehead atoms. The molecule has 1 atom stereocenters. The summed E-state index contributed by atoms with van der Waals surface area (Å²) < 4.78 is 0. The molecule has 2 heterocycles. The largest absolute Gasteiger partial charge is 0.382 e. The molecule has 0 aliphatic carbocycles. The second-order valence-electron chi connectivity index (χ2n) is 7.30. The number of non-ortho nitro benzene ring substituents is 2. The number of fused-ring (bicyclic) bond motifs is 1. The summed E-state index contributed by atoms with van der Waals surface area (Å²) in [7, 11) is 0. The number of nitrogens with zero attached hydrogens (tertiary/aromatic N) is 5. The van der Waals surface area contributed by atoms with E-state index in [4.69, 9.17) is 0 Å². The number of hydrazone groups is 1.